The standard InChI is InChI=1S/C9H8Br2N2/c10-7-3-1-4-8(11)9(7)13-6-2-5-12/h1,3-4,13H,2,6H2. The first-order valence-electron chi connectivity index (χ1n) is 3.80. The first-order valence-corrected chi connectivity index (χ1v) is 5.39. The van der Waals surface area contributed by atoms with Gasteiger partial charge in [0.25, 0.3) is 0 Å². The van der Waals surface area contributed by atoms with E-state index in [1.807, 2.05) is 18.2 Å². The van der Waals surface area contributed by atoms with Gasteiger partial charge in [-0.05, 0) is 44.0 Å². The number of hydrogen-bond donors (Lipinski definition) is 1. The first-order chi connectivity index (χ1) is 6.25. The molecule has 0 saturated carbocycles. The van der Waals surface area contributed by atoms with Crippen LogP contribution in [-0.4, -0.2) is 6.54 Å². The zero-order valence-corrected chi connectivity index (χ0v) is 10.0. The summed E-state index contributed by atoms with van der Waals surface area (Å²) in [6.07, 6.45) is 0.508. The maximum Gasteiger partial charge on any atom is 0.0640 e. The van der Waals surface area contributed by atoms with E-state index < -0.39 is 0 Å². The molecule has 0 amide bonds. The smallest absolute Gasteiger partial charge is 0.0640 e. The van der Waals surface area contributed by atoms with Crippen molar-refractivity contribution in [2.45, 2.75) is 6.42 Å². The van der Waals surface area contributed by atoms with Gasteiger partial charge in [-0.1, -0.05) is 6.07 Å². The summed E-state index contributed by atoms with van der Waals surface area (Å²) >= 11 is 6.85. The van der Waals surface area contributed by atoms with Crippen molar-refractivity contribution in [1.82, 2.24) is 0 Å². The highest BCUT2D eigenvalue weighted by Gasteiger charge is 2.02. The number of halogens is 2. The topological polar surface area (TPSA) is 35.8 Å². The van der Waals surface area contributed by atoms with E-state index in [-0.39, 0.29) is 0 Å². The molecule has 68 valence electrons. The Bertz CT molecular complexity index is 311. The zero-order chi connectivity index (χ0) is 9.68. The largest absolute Gasteiger partial charge is 0.382 e. The molecule has 1 aromatic carbocycles. The van der Waals surface area contributed by atoms with Gasteiger partial charge in [0.1, 0.15) is 0 Å². The molecule has 0 aliphatic rings. The Hall–Kier alpha value is -0.530. The molecule has 1 N–H and O–H groups in total. The number of nitriles is 1. The molecule has 0 spiro atoms. The van der Waals surface area contributed by atoms with Crippen molar-refractivity contribution in [3.8, 4) is 6.07 Å². The van der Waals surface area contributed by atoms with Crippen molar-refractivity contribution in [2.24, 2.45) is 0 Å². The Morgan fingerprint density at radius 1 is 1.31 bits per heavy atom. The van der Waals surface area contributed by atoms with Gasteiger partial charge in [0, 0.05) is 15.5 Å². The number of para-hydroxylation sites is 1. The van der Waals surface area contributed by atoms with Gasteiger partial charge in [-0.2, -0.15) is 5.26 Å². The Kier molecular flexibility index (Phi) is 4.26. The van der Waals surface area contributed by atoms with Crippen molar-refractivity contribution in [3.63, 3.8) is 0 Å². The fourth-order valence-electron chi connectivity index (χ4n) is 0.910. The third-order valence-electron chi connectivity index (χ3n) is 1.50. The van der Waals surface area contributed by atoms with E-state index in [0.717, 1.165) is 14.6 Å². The molecule has 0 aromatic heterocycles. The van der Waals surface area contributed by atoms with Gasteiger partial charge in [0.15, 0.2) is 0 Å². The molecule has 0 atom stereocenters. The second-order valence-corrected chi connectivity index (χ2v) is 4.14. The quantitative estimate of drug-likeness (QED) is 0.867. The molecular formula is C9H8Br2N2. The van der Waals surface area contributed by atoms with Crippen LogP contribution in [0.15, 0.2) is 27.1 Å². The average molecular weight is 304 g/mol. The SMILES string of the molecule is N#CCCNc1c(Br)cccc1Br. The average Bonchev–Trinajstić information content (AvgIpc) is 2.10. The Balaban J connectivity index is 2.71. The predicted molar refractivity (Wildman–Crippen MR) is 60.6 cm³/mol. The van der Waals surface area contributed by atoms with Gasteiger partial charge in [0.05, 0.1) is 18.2 Å². The number of rotatable bonds is 3. The van der Waals surface area contributed by atoms with Gasteiger partial charge in [-0.25, -0.2) is 0 Å². The third kappa shape index (κ3) is 3.02. The van der Waals surface area contributed by atoms with Crippen molar-refractivity contribution in [3.05, 3.63) is 27.1 Å². The van der Waals surface area contributed by atoms with E-state index in [1.54, 1.807) is 0 Å². The van der Waals surface area contributed by atoms with Gasteiger partial charge in [-0.15, -0.1) is 0 Å². The molecule has 1 aromatic rings. The van der Waals surface area contributed by atoms with Crippen molar-refractivity contribution < 1.29 is 0 Å². The van der Waals surface area contributed by atoms with Crippen molar-refractivity contribution in [1.29, 1.82) is 5.26 Å². The molecular weight excluding hydrogens is 296 g/mol. The number of nitrogens with zero attached hydrogens (tertiary/aromatic N) is 1. The molecule has 0 radical (unpaired) electrons. The normalized spacial score (nSPS) is 9.31. The van der Waals surface area contributed by atoms with Crippen LogP contribution in [-0.2, 0) is 0 Å². The lowest BCUT2D eigenvalue weighted by molar-refractivity contribution is 1.07. The van der Waals surface area contributed by atoms with Crippen LogP contribution in [0, 0.1) is 11.3 Å². The Morgan fingerprint density at radius 3 is 2.46 bits per heavy atom. The molecule has 4 heteroatoms. The van der Waals surface area contributed by atoms with Crippen molar-refractivity contribution >= 4 is 37.5 Å². The van der Waals surface area contributed by atoms with Crippen LogP contribution in [0.3, 0.4) is 0 Å². The van der Waals surface area contributed by atoms with Crippen LogP contribution in [0.25, 0.3) is 0 Å². The number of nitrogens with one attached hydrogen (secondary N) is 1. The molecule has 0 aliphatic carbocycles. The Labute approximate surface area is 94.2 Å². The van der Waals surface area contributed by atoms with Gasteiger partial charge >= 0.3 is 0 Å². The van der Waals surface area contributed by atoms with E-state index >= 15 is 0 Å². The lowest BCUT2D eigenvalue weighted by atomic mass is 10.3. The summed E-state index contributed by atoms with van der Waals surface area (Å²) in [5, 5.41) is 11.5. The molecule has 0 bridgehead atoms. The van der Waals surface area contributed by atoms with Gasteiger partial charge in [0.2, 0.25) is 0 Å². The minimum Gasteiger partial charge on any atom is -0.382 e. The second kappa shape index (κ2) is 5.25. The van der Waals surface area contributed by atoms with Crippen LogP contribution in [0.4, 0.5) is 5.69 Å². The number of hydrogen-bond acceptors (Lipinski definition) is 2. The summed E-state index contributed by atoms with van der Waals surface area (Å²) in [5.74, 6) is 0. The number of benzene rings is 1. The van der Waals surface area contributed by atoms with Crippen LogP contribution in [0.5, 0.6) is 0 Å². The first kappa shape index (κ1) is 10.6. The second-order valence-electron chi connectivity index (χ2n) is 2.43. The minimum absolute atomic E-state index is 0.508. The van der Waals surface area contributed by atoms with E-state index in [2.05, 4.69) is 43.2 Å². The highest BCUT2D eigenvalue weighted by atomic mass is 79.9. The molecule has 0 unspecified atom stereocenters. The molecule has 0 saturated heterocycles. The van der Waals surface area contributed by atoms with Crippen molar-refractivity contribution in [2.75, 3.05) is 11.9 Å². The summed E-state index contributed by atoms with van der Waals surface area (Å²) < 4.78 is 2.00. The lowest BCUT2D eigenvalue weighted by Crippen LogP contribution is -2.01. The van der Waals surface area contributed by atoms with Crippen LogP contribution in [0.1, 0.15) is 6.42 Å². The number of anilines is 1. The lowest BCUT2D eigenvalue weighted by Gasteiger charge is -2.08. The minimum atomic E-state index is 0.508. The van der Waals surface area contributed by atoms with Crippen LogP contribution in [0.2, 0.25) is 0 Å². The molecule has 1 rings (SSSR count). The van der Waals surface area contributed by atoms with Gasteiger partial charge < -0.3 is 5.32 Å². The zero-order valence-electron chi connectivity index (χ0n) is 6.85. The predicted octanol–water partition coefficient (Wildman–Crippen LogP) is 3.54. The van der Waals surface area contributed by atoms with E-state index in [0.29, 0.717) is 13.0 Å². The fourth-order valence-corrected chi connectivity index (χ4v) is 2.19. The fraction of sp³-hybridized carbons (Fsp3) is 0.222. The van der Waals surface area contributed by atoms with E-state index in [9.17, 15) is 0 Å². The molecule has 0 aliphatic heterocycles. The molecule has 0 fully saturated rings. The molecule has 2 nitrogen and oxygen atoms in total. The summed E-state index contributed by atoms with van der Waals surface area (Å²) in [4.78, 5) is 0. The van der Waals surface area contributed by atoms with Crippen LogP contribution >= 0.6 is 31.9 Å². The monoisotopic (exact) mass is 302 g/mol. The van der Waals surface area contributed by atoms with Gasteiger partial charge in [-0.3, -0.25) is 0 Å². The van der Waals surface area contributed by atoms with E-state index in [4.69, 9.17) is 5.26 Å². The summed E-state index contributed by atoms with van der Waals surface area (Å²) in [6.45, 7) is 0.664. The maximum atomic E-state index is 8.37. The van der Waals surface area contributed by atoms with Crippen LogP contribution < -0.4 is 5.32 Å². The summed E-state index contributed by atoms with van der Waals surface area (Å²) in [7, 11) is 0. The highest BCUT2D eigenvalue weighted by Crippen LogP contribution is 2.30. The summed E-state index contributed by atoms with van der Waals surface area (Å²) in [5.41, 5.74) is 0.998. The maximum absolute atomic E-state index is 8.37. The third-order valence-corrected chi connectivity index (χ3v) is 2.82. The highest BCUT2D eigenvalue weighted by molar-refractivity contribution is 9.11. The molecule has 13 heavy (non-hydrogen) atoms. The molecule has 0 heterocycles. The Morgan fingerprint density at radius 2 is 1.92 bits per heavy atom. The summed E-state index contributed by atoms with van der Waals surface area (Å²) in [6, 6.07) is 7.95. The van der Waals surface area contributed by atoms with E-state index in [1.165, 1.54) is 0 Å².